The van der Waals surface area contributed by atoms with Gasteiger partial charge in [0.25, 0.3) is 0 Å². The summed E-state index contributed by atoms with van der Waals surface area (Å²) in [7, 11) is 1.10. The molecule has 0 radical (unpaired) electrons. The van der Waals surface area contributed by atoms with E-state index in [-0.39, 0.29) is 38.0 Å². The van der Waals surface area contributed by atoms with Crippen molar-refractivity contribution in [3.05, 3.63) is 85.1 Å². The van der Waals surface area contributed by atoms with E-state index in [9.17, 15) is 65.4 Å². The van der Waals surface area contributed by atoms with E-state index in [1.165, 1.54) is 13.0 Å². The second kappa shape index (κ2) is 32.5. The van der Waals surface area contributed by atoms with E-state index < -0.39 is 159 Å². The van der Waals surface area contributed by atoms with Gasteiger partial charge in [-0.1, -0.05) is 98.9 Å². The molecule has 3 heterocycles. The molecule has 2 saturated heterocycles. The Morgan fingerprint density at radius 1 is 0.730 bits per heavy atom. The molecule has 74 heavy (non-hydrogen) atoms. The third kappa shape index (κ3) is 21.5. The highest BCUT2D eigenvalue weighted by Gasteiger charge is 2.51. The van der Waals surface area contributed by atoms with Crippen molar-refractivity contribution in [2.75, 3.05) is 13.7 Å². The number of carbonyl (C=O) groups excluding carboxylic acids is 3. The molecule has 0 aromatic rings. The summed E-state index contributed by atoms with van der Waals surface area (Å²) in [4.78, 5) is 38.9. The number of aliphatic hydroxyl groups is 10. The Morgan fingerprint density at radius 3 is 1.92 bits per heavy atom. The molecule has 0 spiro atoms. The fraction of sp³-hybridized carbons (Fsp3) is 0.679. The van der Waals surface area contributed by atoms with Crippen LogP contribution in [0.25, 0.3) is 0 Å². The van der Waals surface area contributed by atoms with Crippen molar-refractivity contribution in [2.24, 2.45) is 29.2 Å². The summed E-state index contributed by atoms with van der Waals surface area (Å²) in [6.45, 7) is 7.01. The molecule has 15 N–H and O–H groups in total. The first-order valence-corrected chi connectivity index (χ1v) is 25.6. The monoisotopic (exact) mass is 1050 g/mol. The summed E-state index contributed by atoms with van der Waals surface area (Å²) in [6.07, 6.45) is 3.53. The quantitative estimate of drug-likeness (QED) is 0.143. The van der Waals surface area contributed by atoms with Gasteiger partial charge in [-0.3, -0.25) is 14.4 Å². The van der Waals surface area contributed by atoms with Gasteiger partial charge in [0.15, 0.2) is 12.1 Å². The van der Waals surface area contributed by atoms with Crippen molar-refractivity contribution in [2.45, 2.75) is 195 Å². The zero-order valence-electron chi connectivity index (χ0n) is 43.2. The molecule has 3 aliphatic heterocycles. The SMILES string of the molecule is COC(=O)[C@H]1[C@@H]2C[C@@H](O[C@@H]3O[C@H](C)[C@@H](O)[C@H](NC(=O)[C@H](N)CCCN)[C@@H]3O)C=CC=CC=CC=CC=CC=CC=C[C@H](C)[C@@H](O)[C@@H](C)[C@H](C)OC(=O)C[C@H](O)C[C@H](O)CC[C@@H](O)[C@H](O)C[C@H](O)C[C@](O)(C[C@@H]1O)O2. The number of ether oxygens (including phenoxy) is 5. The van der Waals surface area contributed by atoms with Crippen LogP contribution in [-0.2, 0) is 38.1 Å². The number of fused-ring (bicyclic) bond motifs is 2. The van der Waals surface area contributed by atoms with Crippen molar-refractivity contribution in [3.8, 4) is 0 Å². The summed E-state index contributed by atoms with van der Waals surface area (Å²) in [5, 5.41) is 113. The van der Waals surface area contributed by atoms with E-state index >= 15 is 0 Å². The summed E-state index contributed by atoms with van der Waals surface area (Å²) in [5.74, 6) is -6.79. The number of esters is 2. The van der Waals surface area contributed by atoms with Gasteiger partial charge in [-0.15, -0.1) is 0 Å². The Hall–Kier alpha value is -4.01. The number of cyclic esters (lactones) is 1. The highest BCUT2D eigenvalue weighted by Crippen LogP contribution is 2.38. The summed E-state index contributed by atoms with van der Waals surface area (Å²) < 4.78 is 28.8. The highest BCUT2D eigenvalue weighted by molar-refractivity contribution is 5.81. The zero-order chi connectivity index (χ0) is 55.1. The number of methoxy groups -OCH3 is 1. The van der Waals surface area contributed by atoms with Gasteiger partial charge in [0.05, 0.1) is 86.7 Å². The maximum atomic E-state index is 13.2. The van der Waals surface area contributed by atoms with E-state index in [2.05, 4.69) is 5.32 Å². The fourth-order valence-corrected chi connectivity index (χ4v) is 8.97. The van der Waals surface area contributed by atoms with Gasteiger partial charge < -0.3 is 91.5 Å². The van der Waals surface area contributed by atoms with Crippen LogP contribution in [0.3, 0.4) is 0 Å². The van der Waals surface area contributed by atoms with Crippen LogP contribution in [0.2, 0.25) is 0 Å². The average Bonchev–Trinajstić information content (AvgIpc) is 3.33. The smallest absolute Gasteiger partial charge is 0.313 e. The fourth-order valence-electron chi connectivity index (χ4n) is 8.97. The summed E-state index contributed by atoms with van der Waals surface area (Å²) >= 11 is 0. The Bertz CT molecular complexity index is 1910. The van der Waals surface area contributed by atoms with Crippen molar-refractivity contribution in [3.63, 3.8) is 0 Å². The van der Waals surface area contributed by atoms with Crippen molar-refractivity contribution < 1.29 is 89.1 Å². The lowest BCUT2D eigenvalue weighted by molar-refractivity contribution is -0.309. The number of aliphatic hydroxyl groups excluding tert-OH is 9. The molecule has 21 nitrogen and oxygen atoms in total. The number of carbonyl (C=O) groups is 3. The van der Waals surface area contributed by atoms with Gasteiger partial charge in [0.2, 0.25) is 5.91 Å². The second-order valence-corrected chi connectivity index (χ2v) is 19.7. The minimum atomic E-state index is -2.33. The third-order valence-electron chi connectivity index (χ3n) is 13.5. The first-order chi connectivity index (χ1) is 35.0. The van der Waals surface area contributed by atoms with Crippen molar-refractivity contribution >= 4 is 17.8 Å². The van der Waals surface area contributed by atoms with E-state index in [1.807, 2.05) is 13.0 Å². The van der Waals surface area contributed by atoms with Gasteiger partial charge >= 0.3 is 11.9 Å². The largest absolute Gasteiger partial charge is 0.469 e. The normalized spacial score (nSPS) is 38.7. The molecule has 20 atom stereocenters. The Kier molecular flexibility index (Phi) is 28.3. The van der Waals surface area contributed by atoms with Crippen LogP contribution in [0.5, 0.6) is 0 Å². The van der Waals surface area contributed by atoms with Crippen LogP contribution < -0.4 is 16.8 Å². The predicted molar refractivity (Wildman–Crippen MR) is 272 cm³/mol. The number of amides is 1. The van der Waals surface area contributed by atoms with Crippen LogP contribution in [0.4, 0.5) is 0 Å². The van der Waals surface area contributed by atoms with E-state index in [0.29, 0.717) is 13.0 Å². The highest BCUT2D eigenvalue weighted by atomic mass is 16.7. The molecule has 420 valence electrons. The van der Waals surface area contributed by atoms with Gasteiger partial charge in [-0.05, 0) is 52.5 Å². The Morgan fingerprint density at radius 2 is 1.32 bits per heavy atom. The van der Waals surface area contributed by atoms with Gasteiger partial charge in [0, 0.05) is 37.5 Å². The van der Waals surface area contributed by atoms with Crippen molar-refractivity contribution in [1.82, 2.24) is 5.32 Å². The number of hydrogen-bond donors (Lipinski definition) is 13. The number of nitrogens with two attached hydrogens (primary N) is 2. The Labute approximate surface area is 434 Å². The lowest BCUT2D eigenvalue weighted by atomic mass is 9.82. The standard InChI is InChI=1S/C53H85N3O18/c1-31-19-16-14-12-10-8-6-7-9-11-13-15-17-20-38(73-52-49(66)46(48(65)34(4)72-52)56-50(67)39(55)21-18-24-54)28-43-45(51(68)70-5)42(62)30-53(69,74-43)29-37(59)26-41(61)40(60)23-22-35(57)25-36(58)27-44(63)71-33(3)32(2)47(31)64/h6-17,19-20,31-43,45-49,52,57-62,64-66,69H,18,21-30,54-55H2,1-5H3,(H,56,67)/t31-,32-,33-,34+,35+,36+,37-,38-,39+,40+,41+,42-,43-,45+,46-,47+,48+,49-,52-,53+/m0/s1. The predicted octanol–water partition coefficient (Wildman–Crippen LogP) is 0.0238. The number of hydrogen-bond acceptors (Lipinski definition) is 20. The molecule has 21 heteroatoms. The first kappa shape index (κ1) is 64.3. The first-order valence-electron chi connectivity index (χ1n) is 25.6. The minimum Gasteiger partial charge on any atom is -0.469 e. The molecule has 3 aliphatic rings. The molecule has 0 aromatic heterocycles. The van der Waals surface area contributed by atoms with Crippen LogP contribution in [0.15, 0.2) is 85.1 Å². The van der Waals surface area contributed by atoms with Crippen LogP contribution in [0.1, 0.15) is 91.9 Å². The number of rotatable bonds is 8. The lowest BCUT2D eigenvalue weighted by Gasteiger charge is -2.46. The maximum Gasteiger partial charge on any atom is 0.313 e. The molecule has 1 amide bonds. The molecule has 3 rings (SSSR count). The molecule has 0 unspecified atom stereocenters. The molecule has 2 bridgehead atoms. The molecule has 0 aromatic carbocycles. The minimum absolute atomic E-state index is 0.116. The second-order valence-electron chi connectivity index (χ2n) is 19.7. The van der Waals surface area contributed by atoms with E-state index in [4.69, 9.17) is 35.2 Å². The van der Waals surface area contributed by atoms with Gasteiger partial charge in [0.1, 0.15) is 24.2 Å². The molecule has 2 fully saturated rings. The van der Waals surface area contributed by atoms with Crippen LogP contribution in [0, 0.1) is 17.8 Å². The van der Waals surface area contributed by atoms with Crippen LogP contribution in [-0.4, -0.2) is 186 Å². The molecular weight excluding hydrogens is 967 g/mol. The third-order valence-corrected chi connectivity index (χ3v) is 13.5. The Balaban J connectivity index is 1.94. The maximum absolute atomic E-state index is 13.2. The topological polar surface area (TPSA) is 364 Å². The molecular formula is C53H85N3O18. The van der Waals surface area contributed by atoms with E-state index in [1.54, 1.807) is 86.8 Å². The number of allylic oxidation sites excluding steroid dienone is 12. The molecule has 0 aliphatic carbocycles. The lowest BCUT2D eigenvalue weighted by Crippen LogP contribution is -2.65. The van der Waals surface area contributed by atoms with E-state index in [0.717, 1.165) is 7.11 Å². The number of nitrogens with one attached hydrogen (secondary N) is 1. The summed E-state index contributed by atoms with van der Waals surface area (Å²) in [5.41, 5.74) is 11.6. The van der Waals surface area contributed by atoms with Crippen molar-refractivity contribution in [1.29, 1.82) is 0 Å². The summed E-state index contributed by atoms with van der Waals surface area (Å²) in [6, 6.07) is -2.30. The van der Waals surface area contributed by atoms with Gasteiger partial charge in [-0.2, -0.15) is 0 Å². The zero-order valence-corrected chi connectivity index (χ0v) is 43.2. The van der Waals surface area contributed by atoms with Gasteiger partial charge in [-0.25, -0.2) is 0 Å². The molecule has 0 saturated carbocycles. The average molecular weight is 1050 g/mol. The van der Waals surface area contributed by atoms with Crippen LogP contribution >= 0.6 is 0 Å².